The maximum absolute atomic E-state index is 10.6. The van der Waals surface area contributed by atoms with Gasteiger partial charge in [-0.25, -0.2) is 4.79 Å². The zero-order valence-corrected chi connectivity index (χ0v) is 9.75. The van der Waals surface area contributed by atoms with E-state index in [0.717, 1.165) is 18.8 Å². The quantitative estimate of drug-likeness (QED) is 0.863. The molecule has 0 saturated carbocycles. The van der Waals surface area contributed by atoms with Gasteiger partial charge in [0.25, 0.3) is 0 Å². The van der Waals surface area contributed by atoms with Gasteiger partial charge in [0.15, 0.2) is 0 Å². The van der Waals surface area contributed by atoms with Crippen molar-refractivity contribution in [1.29, 1.82) is 0 Å². The molecule has 0 spiro atoms. The standard InChI is InChI=1S/C11H15NO2.ClH/c1-3-12(4-2)10-7-5-9(6-8-10)11(13)14;/h5-8H,3-4H2,1-2H3,(H,13,14);1H. The number of carboxylic acid groups (broad SMARTS) is 1. The van der Waals surface area contributed by atoms with E-state index in [1.807, 2.05) is 12.1 Å². The molecule has 0 radical (unpaired) electrons. The monoisotopic (exact) mass is 229 g/mol. The maximum atomic E-state index is 10.6. The van der Waals surface area contributed by atoms with E-state index in [0.29, 0.717) is 5.56 Å². The highest BCUT2D eigenvalue weighted by atomic mass is 35.5. The Hall–Kier alpha value is -1.22. The molecule has 0 amide bonds. The van der Waals surface area contributed by atoms with E-state index in [-0.39, 0.29) is 12.4 Å². The summed E-state index contributed by atoms with van der Waals surface area (Å²) in [5.41, 5.74) is 1.40. The van der Waals surface area contributed by atoms with Crippen molar-refractivity contribution in [1.82, 2.24) is 0 Å². The Morgan fingerprint density at radius 3 is 2.00 bits per heavy atom. The van der Waals surface area contributed by atoms with Crippen molar-refractivity contribution < 1.29 is 9.90 Å². The molecule has 0 aliphatic rings. The minimum Gasteiger partial charge on any atom is -0.478 e. The third-order valence-electron chi connectivity index (χ3n) is 2.24. The van der Waals surface area contributed by atoms with Crippen molar-refractivity contribution >= 4 is 24.1 Å². The molecule has 15 heavy (non-hydrogen) atoms. The third kappa shape index (κ3) is 3.44. The molecular weight excluding hydrogens is 214 g/mol. The van der Waals surface area contributed by atoms with Gasteiger partial charge in [-0.3, -0.25) is 0 Å². The van der Waals surface area contributed by atoms with Crippen LogP contribution in [0.4, 0.5) is 5.69 Å². The first-order valence-corrected chi connectivity index (χ1v) is 4.77. The van der Waals surface area contributed by atoms with Crippen LogP contribution in [0.5, 0.6) is 0 Å². The SMILES string of the molecule is CCN(CC)c1ccc(C(=O)O)cc1.Cl. The zero-order chi connectivity index (χ0) is 10.6. The Morgan fingerprint density at radius 2 is 1.67 bits per heavy atom. The maximum Gasteiger partial charge on any atom is 0.335 e. The zero-order valence-electron chi connectivity index (χ0n) is 8.93. The Kier molecular flexibility index (Phi) is 5.79. The van der Waals surface area contributed by atoms with Gasteiger partial charge in [-0.15, -0.1) is 12.4 Å². The molecule has 1 aromatic carbocycles. The highest BCUT2D eigenvalue weighted by molar-refractivity contribution is 5.88. The number of benzene rings is 1. The highest BCUT2D eigenvalue weighted by Crippen LogP contribution is 2.14. The largest absolute Gasteiger partial charge is 0.478 e. The normalized spacial score (nSPS) is 9.20. The number of aromatic carboxylic acids is 1. The Morgan fingerprint density at radius 1 is 1.20 bits per heavy atom. The summed E-state index contributed by atoms with van der Waals surface area (Å²) in [6, 6.07) is 6.96. The van der Waals surface area contributed by atoms with Gasteiger partial charge in [0, 0.05) is 18.8 Å². The average Bonchev–Trinajstić information content (AvgIpc) is 2.20. The Bertz CT molecular complexity index is 307. The second-order valence-electron chi connectivity index (χ2n) is 3.02. The number of hydrogen-bond acceptors (Lipinski definition) is 2. The topological polar surface area (TPSA) is 40.5 Å². The fraction of sp³-hybridized carbons (Fsp3) is 0.364. The van der Waals surface area contributed by atoms with Gasteiger partial charge in [-0.2, -0.15) is 0 Å². The molecule has 0 saturated heterocycles. The summed E-state index contributed by atoms with van der Waals surface area (Å²) >= 11 is 0. The molecule has 0 aliphatic carbocycles. The van der Waals surface area contributed by atoms with Gasteiger partial charge >= 0.3 is 5.97 Å². The van der Waals surface area contributed by atoms with Crippen LogP contribution in [0.25, 0.3) is 0 Å². The van der Waals surface area contributed by atoms with Crippen molar-refractivity contribution in [2.75, 3.05) is 18.0 Å². The lowest BCUT2D eigenvalue weighted by molar-refractivity contribution is 0.0697. The number of hydrogen-bond donors (Lipinski definition) is 1. The predicted molar refractivity (Wildman–Crippen MR) is 64.2 cm³/mol. The molecule has 0 heterocycles. The van der Waals surface area contributed by atoms with Crippen molar-refractivity contribution in [3.05, 3.63) is 29.8 Å². The lowest BCUT2D eigenvalue weighted by atomic mass is 10.2. The van der Waals surface area contributed by atoms with Crippen molar-refractivity contribution in [2.45, 2.75) is 13.8 Å². The van der Waals surface area contributed by atoms with E-state index in [1.165, 1.54) is 0 Å². The molecule has 1 N–H and O–H groups in total. The molecule has 0 aliphatic heterocycles. The van der Waals surface area contributed by atoms with Crippen LogP contribution in [0.3, 0.4) is 0 Å². The number of carbonyl (C=O) groups is 1. The summed E-state index contributed by atoms with van der Waals surface area (Å²) in [6.45, 7) is 6.02. The van der Waals surface area contributed by atoms with E-state index >= 15 is 0 Å². The van der Waals surface area contributed by atoms with Crippen molar-refractivity contribution in [2.24, 2.45) is 0 Å². The summed E-state index contributed by atoms with van der Waals surface area (Å²) in [7, 11) is 0. The number of anilines is 1. The first-order valence-electron chi connectivity index (χ1n) is 4.77. The van der Waals surface area contributed by atoms with Crippen molar-refractivity contribution in [3.8, 4) is 0 Å². The van der Waals surface area contributed by atoms with Gasteiger partial charge in [-0.05, 0) is 38.1 Å². The molecule has 0 fully saturated rings. The second kappa shape index (κ2) is 6.30. The lowest BCUT2D eigenvalue weighted by Crippen LogP contribution is -2.21. The van der Waals surface area contributed by atoms with Gasteiger partial charge in [0.2, 0.25) is 0 Å². The van der Waals surface area contributed by atoms with Crippen LogP contribution >= 0.6 is 12.4 Å². The van der Waals surface area contributed by atoms with E-state index in [1.54, 1.807) is 12.1 Å². The smallest absolute Gasteiger partial charge is 0.335 e. The molecule has 3 nitrogen and oxygen atoms in total. The molecule has 0 unspecified atom stereocenters. The summed E-state index contributed by atoms with van der Waals surface area (Å²) in [5.74, 6) is -0.879. The van der Waals surface area contributed by atoms with Crippen LogP contribution in [-0.2, 0) is 0 Å². The molecule has 84 valence electrons. The van der Waals surface area contributed by atoms with Crippen molar-refractivity contribution in [3.63, 3.8) is 0 Å². The molecule has 0 atom stereocenters. The fourth-order valence-electron chi connectivity index (χ4n) is 1.40. The summed E-state index contributed by atoms with van der Waals surface area (Å²) in [4.78, 5) is 12.8. The molecule has 0 bridgehead atoms. The number of rotatable bonds is 4. The van der Waals surface area contributed by atoms with E-state index in [4.69, 9.17) is 5.11 Å². The van der Waals surface area contributed by atoms with Crippen LogP contribution in [-0.4, -0.2) is 24.2 Å². The number of carboxylic acids is 1. The summed E-state index contributed by atoms with van der Waals surface area (Å²) in [6.07, 6.45) is 0. The first-order chi connectivity index (χ1) is 6.69. The average molecular weight is 230 g/mol. The predicted octanol–water partition coefficient (Wildman–Crippen LogP) is 2.65. The fourth-order valence-corrected chi connectivity index (χ4v) is 1.40. The van der Waals surface area contributed by atoms with Crippen LogP contribution in [0.1, 0.15) is 24.2 Å². The van der Waals surface area contributed by atoms with Crippen LogP contribution in [0.15, 0.2) is 24.3 Å². The third-order valence-corrected chi connectivity index (χ3v) is 2.24. The van der Waals surface area contributed by atoms with Gasteiger partial charge in [0.1, 0.15) is 0 Å². The molecular formula is C11H16ClNO2. The van der Waals surface area contributed by atoms with Gasteiger partial charge in [0.05, 0.1) is 5.56 Å². The summed E-state index contributed by atoms with van der Waals surface area (Å²) in [5, 5.41) is 8.72. The lowest BCUT2D eigenvalue weighted by Gasteiger charge is -2.20. The van der Waals surface area contributed by atoms with E-state index in [9.17, 15) is 4.79 Å². The van der Waals surface area contributed by atoms with Crippen LogP contribution < -0.4 is 4.90 Å². The van der Waals surface area contributed by atoms with Gasteiger partial charge < -0.3 is 10.0 Å². The summed E-state index contributed by atoms with van der Waals surface area (Å²) < 4.78 is 0. The molecule has 1 rings (SSSR count). The minimum absolute atomic E-state index is 0. The van der Waals surface area contributed by atoms with E-state index < -0.39 is 5.97 Å². The number of nitrogens with zero attached hydrogens (tertiary/aromatic N) is 1. The number of halogens is 1. The Labute approximate surface area is 96.1 Å². The van der Waals surface area contributed by atoms with E-state index in [2.05, 4.69) is 18.7 Å². The molecule has 4 heteroatoms. The minimum atomic E-state index is -0.879. The highest BCUT2D eigenvalue weighted by Gasteiger charge is 2.04. The van der Waals surface area contributed by atoms with Crippen LogP contribution in [0.2, 0.25) is 0 Å². The molecule has 0 aromatic heterocycles. The molecule has 1 aromatic rings. The van der Waals surface area contributed by atoms with Gasteiger partial charge in [-0.1, -0.05) is 0 Å². The Balaban J connectivity index is 0.00000196. The first kappa shape index (κ1) is 13.8. The van der Waals surface area contributed by atoms with Crippen LogP contribution in [0, 0.1) is 0 Å². The second-order valence-corrected chi connectivity index (χ2v) is 3.02.